The van der Waals surface area contributed by atoms with Crippen LogP contribution in [0.1, 0.15) is 36.4 Å². The first-order valence-electron chi connectivity index (χ1n) is 8.12. The summed E-state index contributed by atoms with van der Waals surface area (Å²) in [6.07, 6.45) is 8.14. The lowest BCUT2D eigenvalue weighted by Gasteiger charge is -2.11. The van der Waals surface area contributed by atoms with Gasteiger partial charge in [0.2, 0.25) is 0 Å². The van der Waals surface area contributed by atoms with Crippen LogP contribution >= 0.6 is 0 Å². The summed E-state index contributed by atoms with van der Waals surface area (Å²) in [5.74, 6) is 0. The van der Waals surface area contributed by atoms with Crippen molar-refractivity contribution in [2.24, 2.45) is 0 Å². The second-order valence-corrected chi connectivity index (χ2v) is 5.58. The SMILES string of the molecule is CCc1ccc(Cc2ncncc2-c2cccnc2CC)cc1. The molecule has 0 saturated heterocycles. The van der Waals surface area contributed by atoms with Gasteiger partial charge in [-0.25, -0.2) is 9.97 Å². The van der Waals surface area contributed by atoms with E-state index in [1.54, 1.807) is 6.33 Å². The Balaban J connectivity index is 1.97. The van der Waals surface area contributed by atoms with Crippen LogP contribution in [0.2, 0.25) is 0 Å². The van der Waals surface area contributed by atoms with Gasteiger partial charge in [0.15, 0.2) is 0 Å². The molecule has 0 radical (unpaired) electrons. The second-order valence-electron chi connectivity index (χ2n) is 5.58. The summed E-state index contributed by atoms with van der Waals surface area (Å²) in [5.41, 5.74) is 6.98. The van der Waals surface area contributed by atoms with Crippen molar-refractivity contribution in [3.05, 3.63) is 77.6 Å². The van der Waals surface area contributed by atoms with Gasteiger partial charge in [0, 0.05) is 35.6 Å². The molecule has 23 heavy (non-hydrogen) atoms. The third-order valence-electron chi connectivity index (χ3n) is 4.11. The van der Waals surface area contributed by atoms with Crippen molar-refractivity contribution < 1.29 is 0 Å². The number of hydrogen-bond donors (Lipinski definition) is 0. The van der Waals surface area contributed by atoms with Crippen molar-refractivity contribution in [3.8, 4) is 11.1 Å². The third-order valence-corrected chi connectivity index (χ3v) is 4.11. The molecule has 0 aliphatic rings. The van der Waals surface area contributed by atoms with E-state index < -0.39 is 0 Å². The van der Waals surface area contributed by atoms with Crippen molar-refractivity contribution in [2.75, 3.05) is 0 Å². The quantitative estimate of drug-likeness (QED) is 0.707. The van der Waals surface area contributed by atoms with E-state index in [0.717, 1.165) is 41.8 Å². The number of rotatable bonds is 5. The molecule has 116 valence electrons. The summed E-state index contributed by atoms with van der Waals surface area (Å²) in [7, 11) is 0. The van der Waals surface area contributed by atoms with Crippen LogP contribution in [0, 0.1) is 0 Å². The van der Waals surface area contributed by atoms with E-state index in [1.807, 2.05) is 18.5 Å². The fourth-order valence-electron chi connectivity index (χ4n) is 2.77. The van der Waals surface area contributed by atoms with Crippen LogP contribution in [0.4, 0.5) is 0 Å². The van der Waals surface area contributed by atoms with Gasteiger partial charge in [-0.15, -0.1) is 0 Å². The lowest BCUT2D eigenvalue weighted by Crippen LogP contribution is -2.00. The molecular formula is C20H21N3. The topological polar surface area (TPSA) is 38.7 Å². The highest BCUT2D eigenvalue weighted by molar-refractivity contribution is 5.67. The summed E-state index contributed by atoms with van der Waals surface area (Å²) in [6, 6.07) is 12.8. The van der Waals surface area contributed by atoms with E-state index in [0.29, 0.717) is 0 Å². The van der Waals surface area contributed by atoms with Crippen molar-refractivity contribution in [2.45, 2.75) is 33.1 Å². The van der Waals surface area contributed by atoms with E-state index in [1.165, 1.54) is 11.1 Å². The smallest absolute Gasteiger partial charge is 0.115 e. The molecule has 0 N–H and O–H groups in total. The molecule has 2 aromatic heterocycles. The molecule has 3 heteroatoms. The van der Waals surface area contributed by atoms with Crippen LogP contribution in [0.15, 0.2) is 55.1 Å². The zero-order chi connectivity index (χ0) is 16.1. The van der Waals surface area contributed by atoms with E-state index in [2.05, 4.69) is 59.1 Å². The first-order chi connectivity index (χ1) is 11.3. The largest absolute Gasteiger partial charge is 0.261 e. The van der Waals surface area contributed by atoms with E-state index in [9.17, 15) is 0 Å². The zero-order valence-corrected chi connectivity index (χ0v) is 13.7. The Hall–Kier alpha value is -2.55. The summed E-state index contributed by atoms with van der Waals surface area (Å²) in [4.78, 5) is 13.2. The van der Waals surface area contributed by atoms with Gasteiger partial charge in [-0.1, -0.05) is 44.2 Å². The van der Waals surface area contributed by atoms with Gasteiger partial charge >= 0.3 is 0 Å². The van der Waals surface area contributed by atoms with Crippen LogP contribution in [0.25, 0.3) is 11.1 Å². The standard InChI is InChI=1S/C20H21N3/c1-3-15-7-9-16(10-8-15)12-20-18(13-21-14-23-20)17-6-5-11-22-19(17)4-2/h5-11,13-14H,3-4,12H2,1-2H3. The van der Waals surface area contributed by atoms with Gasteiger partial charge in [-0.2, -0.15) is 0 Å². The minimum atomic E-state index is 0.805. The molecule has 0 aliphatic heterocycles. The van der Waals surface area contributed by atoms with Crippen LogP contribution in [0.3, 0.4) is 0 Å². The fraction of sp³-hybridized carbons (Fsp3) is 0.250. The highest BCUT2D eigenvalue weighted by Gasteiger charge is 2.11. The maximum Gasteiger partial charge on any atom is 0.115 e. The summed E-state index contributed by atoms with van der Waals surface area (Å²) in [5, 5.41) is 0. The zero-order valence-electron chi connectivity index (χ0n) is 13.7. The number of nitrogens with zero attached hydrogens (tertiary/aromatic N) is 3. The molecule has 0 bridgehead atoms. The Bertz CT molecular complexity index is 779. The van der Waals surface area contributed by atoms with Gasteiger partial charge in [-0.3, -0.25) is 4.98 Å². The summed E-state index contributed by atoms with van der Waals surface area (Å²) < 4.78 is 0. The van der Waals surface area contributed by atoms with Crippen LogP contribution in [-0.4, -0.2) is 15.0 Å². The predicted molar refractivity (Wildman–Crippen MR) is 93.3 cm³/mol. The number of benzene rings is 1. The molecule has 0 aliphatic carbocycles. The highest BCUT2D eigenvalue weighted by Crippen LogP contribution is 2.26. The average molecular weight is 303 g/mol. The van der Waals surface area contributed by atoms with Crippen LogP contribution < -0.4 is 0 Å². The van der Waals surface area contributed by atoms with E-state index >= 15 is 0 Å². The first kappa shape index (κ1) is 15.3. The molecule has 0 unspecified atom stereocenters. The Morgan fingerprint density at radius 3 is 2.30 bits per heavy atom. The molecule has 0 amide bonds. The van der Waals surface area contributed by atoms with Gasteiger partial charge in [0.1, 0.15) is 6.33 Å². The molecule has 3 nitrogen and oxygen atoms in total. The number of aromatic nitrogens is 3. The van der Waals surface area contributed by atoms with Crippen molar-refractivity contribution in [1.29, 1.82) is 0 Å². The molecule has 0 atom stereocenters. The third kappa shape index (κ3) is 3.45. The predicted octanol–water partition coefficient (Wildman–Crippen LogP) is 4.25. The van der Waals surface area contributed by atoms with Crippen LogP contribution in [-0.2, 0) is 19.3 Å². The molecule has 3 rings (SSSR count). The Morgan fingerprint density at radius 2 is 1.57 bits per heavy atom. The Labute approximate surface area is 137 Å². The molecule has 2 heterocycles. The molecular weight excluding hydrogens is 282 g/mol. The van der Waals surface area contributed by atoms with Crippen molar-refractivity contribution in [3.63, 3.8) is 0 Å². The molecule has 0 fully saturated rings. The molecule has 3 aromatic rings. The maximum absolute atomic E-state index is 4.53. The summed E-state index contributed by atoms with van der Waals surface area (Å²) in [6.45, 7) is 4.30. The first-order valence-corrected chi connectivity index (χ1v) is 8.12. The van der Waals surface area contributed by atoms with E-state index in [4.69, 9.17) is 0 Å². The van der Waals surface area contributed by atoms with Gasteiger partial charge < -0.3 is 0 Å². The Kier molecular flexibility index (Phi) is 4.77. The maximum atomic E-state index is 4.53. The lowest BCUT2D eigenvalue weighted by molar-refractivity contribution is 1.01. The highest BCUT2D eigenvalue weighted by atomic mass is 14.8. The van der Waals surface area contributed by atoms with Crippen molar-refractivity contribution >= 4 is 0 Å². The monoisotopic (exact) mass is 303 g/mol. The second kappa shape index (κ2) is 7.14. The number of pyridine rings is 1. The summed E-state index contributed by atoms with van der Waals surface area (Å²) >= 11 is 0. The Morgan fingerprint density at radius 1 is 0.783 bits per heavy atom. The number of hydrogen-bond acceptors (Lipinski definition) is 3. The molecule has 1 aromatic carbocycles. The average Bonchev–Trinajstić information content (AvgIpc) is 2.63. The van der Waals surface area contributed by atoms with Gasteiger partial charge in [0.25, 0.3) is 0 Å². The van der Waals surface area contributed by atoms with Crippen LogP contribution in [0.5, 0.6) is 0 Å². The number of aryl methyl sites for hydroxylation is 2. The van der Waals surface area contributed by atoms with E-state index in [-0.39, 0.29) is 0 Å². The molecule has 0 spiro atoms. The van der Waals surface area contributed by atoms with Crippen molar-refractivity contribution in [1.82, 2.24) is 15.0 Å². The minimum absolute atomic E-state index is 0.805. The lowest BCUT2D eigenvalue weighted by atomic mass is 9.98. The normalized spacial score (nSPS) is 10.7. The van der Waals surface area contributed by atoms with Gasteiger partial charge in [0.05, 0.1) is 5.69 Å². The van der Waals surface area contributed by atoms with Gasteiger partial charge in [-0.05, 0) is 30.0 Å². The molecule has 0 saturated carbocycles. The minimum Gasteiger partial charge on any atom is -0.261 e. The fourth-order valence-corrected chi connectivity index (χ4v) is 2.77.